The van der Waals surface area contributed by atoms with Gasteiger partial charge in [-0.05, 0) is 12.8 Å². The van der Waals surface area contributed by atoms with Gasteiger partial charge in [-0.1, -0.05) is 5.21 Å². The highest BCUT2D eigenvalue weighted by Gasteiger charge is 2.36. The van der Waals surface area contributed by atoms with Crippen LogP contribution < -0.4 is 4.90 Å². The third-order valence-corrected chi connectivity index (χ3v) is 6.25. The number of carbonyl (C=O) groups excluding carboxylic acids is 1. The molecule has 1 saturated carbocycles. The number of ether oxygens (including phenoxy) is 1. The van der Waals surface area contributed by atoms with E-state index in [1.807, 2.05) is 22.5 Å². The van der Waals surface area contributed by atoms with Crippen LogP contribution >= 0.6 is 11.3 Å². The lowest BCUT2D eigenvalue weighted by molar-refractivity contribution is 0.0201. The van der Waals surface area contributed by atoms with Crippen molar-refractivity contribution >= 4 is 22.6 Å². The van der Waals surface area contributed by atoms with Crippen molar-refractivity contribution in [2.75, 3.05) is 31.1 Å². The maximum atomic E-state index is 12.3. The van der Waals surface area contributed by atoms with Crippen LogP contribution in [0.25, 0.3) is 0 Å². The normalized spacial score (nSPS) is 21.7. The van der Waals surface area contributed by atoms with Crippen molar-refractivity contribution < 1.29 is 9.53 Å². The largest absolute Gasteiger partial charge is 0.446 e. The predicted molar refractivity (Wildman–Crippen MR) is 96.4 cm³/mol. The fourth-order valence-corrected chi connectivity index (χ4v) is 4.26. The predicted octanol–water partition coefficient (Wildman–Crippen LogP) is 2.27. The highest BCUT2D eigenvalue weighted by molar-refractivity contribution is 7.13. The Morgan fingerprint density at radius 1 is 1.19 bits per heavy atom. The zero-order valence-corrected chi connectivity index (χ0v) is 15.3. The second-order valence-electron chi connectivity index (χ2n) is 7.34. The summed E-state index contributed by atoms with van der Waals surface area (Å²) >= 11 is 1.65. The van der Waals surface area contributed by atoms with E-state index in [1.54, 1.807) is 16.2 Å². The molecule has 0 atom stereocenters. The van der Waals surface area contributed by atoms with E-state index in [0.29, 0.717) is 19.0 Å². The minimum absolute atomic E-state index is 0.00519. The van der Waals surface area contributed by atoms with E-state index >= 15 is 0 Å². The summed E-state index contributed by atoms with van der Waals surface area (Å²) in [7, 11) is 0. The maximum Gasteiger partial charge on any atom is 0.410 e. The molecule has 2 aromatic heterocycles. The first-order chi connectivity index (χ1) is 12.8. The maximum absolute atomic E-state index is 12.3. The molecule has 8 nitrogen and oxygen atoms in total. The standard InChI is InChI=1S/C17H22N6O2S/c24-17(25-14-3-6-21(7-4-14)16-18-5-8-26-16)22-9-13(10-22)23-11-15(19-20-23)12-1-2-12/h5,8,11-14H,1-4,6-7,9-10H2. The van der Waals surface area contributed by atoms with E-state index in [-0.39, 0.29) is 18.2 Å². The van der Waals surface area contributed by atoms with Crippen molar-refractivity contribution in [3.63, 3.8) is 0 Å². The van der Waals surface area contributed by atoms with Crippen molar-refractivity contribution in [2.24, 2.45) is 0 Å². The molecule has 138 valence electrons. The van der Waals surface area contributed by atoms with Gasteiger partial charge in [0, 0.05) is 62.7 Å². The molecule has 4 heterocycles. The Balaban J connectivity index is 1.07. The molecule has 1 amide bonds. The lowest BCUT2D eigenvalue weighted by Crippen LogP contribution is -2.52. The molecule has 9 heteroatoms. The summed E-state index contributed by atoms with van der Waals surface area (Å²) < 4.78 is 7.60. The minimum atomic E-state index is -0.198. The molecule has 5 rings (SSSR count). The first-order valence-corrected chi connectivity index (χ1v) is 10.2. The SMILES string of the molecule is O=C(OC1CCN(c2nccs2)CC1)N1CC(n2cc(C3CC3)nn2)C1. The summed E-state index contributed by atoms with van der Waals surface area (Å²) in [6.45, 7) is 3.09. The molecule has 0 bridgehead atoms. The van der Waals surface area contributed by atoms with Crippen LogP contribution in [0, 0.1) is 0 Å². The van der Waals surface area contributed by atoms with Gasteiger partial charge in [0.1, 0.15) is 6.10 Å². The molecule has 2 aliphatic heterocycles. The van der Waals surface area contributed by atoms with Gasteiger partial charge in [-0.15, -0.1) is 16.4 Å². The van der Waals surface area contributed by atoms with Crippen LogP contribution in [0.3, 0.4) is 0 Å². The average molecular weight is 374 g/mol. The van der Waals surface area contributed by atoms with Crippen LogP contribution in [0.5, 0.6) is 0 Å². The molecule has 3 aliphatic rings. The molecule has 2 saturated heterocycles. The fourth-order valence-electron chi connectivity index (χ4n) is 3.56. The van der Waals surface area contributed by atoms with Gasteiger partial charge in [0.05, 0.1) is 11.7 Å². The summed E-state index contributed by atoms with van der Waals surface area (Å²) in [4.78, 5) is 20.7. The zero-order chi connectivity index (χ0) is 17.5. The Morgan fingerprint density at radius 2 is 2.00 bits per heavy atom. The Bertz CT molecular complexity index is 760. The molecule has 2 aromatic rings. The molecule has 3 fully saturated rings. The molecule has 1 aliphatic carbocycles. The first kappa shape index (κ1) is 16.0. The molecular weight excluding hydrogens is 352 g/mol. The second-order valence-corrected chi connectivity index (χ2v) is 8.21. The van der Waals surface area contributed by atoms with Gasteiger partial charge >= 0.3 is 6.09 Å². The van der Waals surface area contributed by atoms with Crippen LogP contribution in [0.15, 0.2) is 17.8 Å². The minimum Gasteiger partial charge on any atom is -0.446 e. The summed E-state index contributed by atoms with van der Waals surface area (Å²) in [5, 5.41) is 11.5. The third-order valence-electron chi connectivity index (χ3n) is 5.42. The monoisotopic (exact) mass is 374 g/mol. The highest BCUT2D eigenvalue weighted by Crippen LogP contribution is 2.39. The number of hydrogen-bond acceptors (Lipinski definition) is 7. The molecule has 0 N–H and O–H groups in total. The second kappa shape index (κ2) is 6.53. The number of piperidine rings is 1. The van der Waals surface area contributed by atoms with Crippen molar-refractivity contribution in [3.05, 3.63) is 23.5 Å². The quantitative estimate of drug-likeness (QED) is 0.817. The van der Waals surface area contributed by atoms with Crippen LogP contribution in [-0.2, 0) is 4.74 Å². The molecule has 0 spiro atoms. The number of aromatic nitrogens is 4. The number of nitrogens with zero attached hydrogens (tertiary/aromatic N) is 6. The summed E-state index contributed by atoms with van der Waals surface area (Å²) in [5.74, 6) is 0.611. The van der Waals surface area contributed by atoms with E-state index in [2.05, 4.69) is 20.2 Å². The number of amides is 1. The number of hydrogen-bond donors (Lipinski definition) is 0. The fraction of sp³-hybridized carbons (Fsp3) is 0.647. The van der Waals surface area contributed by atoms with Crippen LogP contribution in [-0.4, -0.2) is 63.3 Å². The summed E-state index contributed by atoms with van der Waals surface area (Å²) in [5.41, 5.74) is 1.10. The number of likely N-dealkylation sites (tertiary alicyclic amines) is 1. The van der Waals surface area contributed by atoms with Crippen molar-refractivity contribution in [2.45, 2.75) is 43.7 Å². The van der Waals surface area contributed by atoms with E-state index in [4.69, 9.17) is 4.74 Å². The van der Waals surface area contributed by atoms with Crippen LogP contribution in [0.4, 0.5) is 9.93 Å². The van der Waals surface area contributed by atoms with Gasteiger partial charge in [-0.25, -0.2) is 14.5 Å². The Labute approximate surface area is 155 Å². The van der Waals surface area contributed by atoms with Crippen molar-refractivity contribution in [3.8, 4) is 0 Å². The molecule has 0 unspecified atom stereocenters. The number of rotatable bonds is 4. The van der Waals surface area contributed by atoms with Gasteiger partial charge in [0.25, 0.3) is 0 Å². The van der Waals surface area contributed by atoms with E-state index in [9.17, 15) is 4.79 Å². The van der Waals surface area contributed by atoms with E-state index in [1.165, 1.54) is 12.8 Å². The zero-order valence-electron chi connectivity index (χ0n) is 14.5. The smallest absolute Gasteiger partial charge is 0.410 e. The molecule has 0 aromatic carbocycles. The van der Waals surface area contributed by atoms with Gasteiger partial charge in [-0.3, -0.25) is 0 Å². The first-order valence-electron chi connectivity index (χ1n) is 9.28. The summed E-state index contributed by atoms with van der Waals surface area (Å²) in [6.07, 6.45) is 7.84. The summed E-state index contributed by atoms with van der Waals surface area (Å²) in [6, 6.07) is 0.231. The lowest BCUT2D eigenvalue weighted by atomic mass is 10.1. The van der Waals surface area contributed by atoms with E-state index in [0.717, 1.165) is 36.8 Å². The number of anilines is 1. The molecular formula is C17H22N6O2S. The van der Waals surface area contributed by atoms with Crippen molar-refractivity contribution in [1.82, 2.24) is 24.9 Å². The highest BCUT2D eigenvalue weighted by atomic mass is 32.1. The topological polar surface area (TPSA) is 76.4 Å². The third kappa shape index (κ3) is 3.15. The van der Waals surface area contributed by atoms with Crippen LogP contribution in [0.1, 0.15) is 43.3 Å². The Morgan fingerprint density at radius 3 is 2.69 bits per heavy atom. The van der Waals surface area contributed by atoms with Gasteiger partial charge in [0.2, 0.25) is 0 Å². The van der Waals surface area contributed by atoms with Gasteiger partial charge < -0.3 is 14.5 Å². The van der Waals surface area contributed by atoms with Crippen molar-refractivity contribution in [1.29, 1.82) is 0 Å². The van der Waals surface area contributed by atoms with Gasteiger partial charge in [-0.2, -0.15) is 0 Å². The number of carbonyl (C=O) groups is 1. The molecule has 26 heavy (non-hydrogen) atoms. The Kier molecular flexibility index (Phi) is 4.03. The van der Waals surface area contributed by atoms with Crippen LogP contribution in [0.2, 0.25) is 0 Å². The molecule has 0 radical (unpaired) electrons. The number of thiazole rings is 1. The lowest BCUT2D eigenvalue weighted by Gasteiger charge is -2.39. The Hall–Kier alpha value is -2.16. The van der Waals surface area contributed by atoms with E-state index < -0.39 is 0 Å². The average Bonchev–Trinajstić information content (AvgIpc) is 3.11. The van der Waals surface area contributed by atoms with Gasteiger partial charge in [0.15, 0.2) is 5.13 Å².